The third kappa shape index (κ3) is 3.91. The number of halogens is 3. The van der Waals surface area contributed by atoms with Crippen molar-refractivity contribution >= 4 is 40.0 Å². The first-order valence-corrected chi connectivity index (χ1v) is 9.32. The van der Waals surface area contributed by atoms with Crippen LogP contribution in [0.3, 0.4) is 0 Å². The molecule has 4 rings (SSSR count). The van der Waals surface area contributed by atoms with Crippen molar-refractivity contribution in [3.63, 3.8) is 0 Å². The standard InChI is InChI=1S/C19H18ClF2N5O/c20-13-8-12(9-25-16(13)11-3-5-19(21,22)6-4-11)26-18(28)27-15-10-24-14-2-1-7-23-17(14)15/h1-2,7-11,24H,3-6H2,(H2,26,27,28). The van der Waals surface area contributed by atoms with Crippen LogP contribution in [0.5, 0.6) is 0 Å². The summed E-state index contributed by atoms with van der Waals surface area (Å²) in [5.74, 6) is -2.69. The molecule has 2 amide bonds. The number of carbonyl (C=O) groups excluding carboxylic acids is 1. The summed E-state index contributed by atoms with van der Waals surface area (Å²) in [6.07, 6.45) is 5.17. The van der Waals surface area contributed by atoms with E-state index in [0.29, 0.717) is 40.4 Å². The average Bonchev–Trinajstić information content (AvgIpc) is 3.05. The number of carbonyl (C=O) groups is 1. The van der Waals surface area contributed by atoms with E-state index in [4.69, 9.17) is 11.6 Å². The monoisotopic (exact) mass is 405 g/mol. The number of aromatic nitrogens is 3. The fourth-order valence-electron chi connectivity index (χ4n) is 3.47. The van der Waals surface area contributed by atoms with E-state index in [2.05, 4.69) is 25.6 Å². The van der Waals surface area contributed by atoms with Gasteiger partial charge in [0.25, 0.3) is 0 Å². The second-order valence-corrected chi connectivity index (χ2v) is 7.31. The molecule has 1 aliphatic rings. The number of nitrogens with zero attached hydrogens (tertiary/aromatic N) is 2. The molecule has 0 atom stereocenters. The molecular weight excluding hydrogens is 388 g/mol. The molecule has 0 aromatic carbocycles. The van der Waals surface area contributed by atoms with Crippen molar-refractivity contribution in [1.82, 2.24) is 15.0 Å². The maximum absolute atomic E-state index is 13.3. The number of rotatable bonds is 3. The van der Waals surface area contributed by atoms with Crippen molar-refractivity contribution in [1.29, 1.82) is 0 Å². The predicted octanol–water partition coefficient (Wildman–Crippen LogP) is 5.55. The Labute approximate surface area is 164 Å². The van der Waals surface area contributed by atoms with Crippen LogP contribution in [0.4, 0.5) is 25.0 Å². The molecule has 3 aromatic rings. The van der Waals surface area contributed by atoms with Gasteiger partial charge in [-0.2, -0.15) is 0 Å². The van der Waals surface area contributed by atoms with Crippen LogP contribution in [0.2, 0.25) is 5.02 Å². The minimum absolute atomic E-state index is 0.0905. The van der Waals surface area contributed by atoms with Crippen molar-refractivity contribution in [3.05, 3.63) is 47.5 Å². The minimum Gasteiger partial charge on any atom is -0.358 e. The zero-order valence-corrected chi connectivity index (χ0v) is 15.6. The molecule has 3 N–H and O–H groups in total. The highest BCUT2D eigenvalue weighted by Gasteiger charge is 2.36. The smallest absolute Gasteiger partial charge is 0.323 e. The van der Waals surface area contributed by atoms with Gasteiger partial charge in [-0.1, -0.05) is 11.6 Å². The molecule has 1 fully saturated rings. The summed E-state index contributed by atoms with van der Waals surface area (Å²) in [7, 11) is 0. The lowest BCUT2D eigenvalue weighted by Crippen LogP contribution is -2.24. The van der Waals surface area contributed by atoms with E-state index < -0.39 is 12.0 Å². The van der Waals surface area contributed by atoms with E-state index in [1.807, 2.05) is 6.07 Å². The highest BCUT2D eigenvalue weighted by Crippen LogP contribution is 2.42. The Hall–Kier alpha value is -2.74. The number of hydrogen-bond donors (Lipinski definition) is 3. The third-order valence-electron chi connectivity index (χ3n) is 4.91. The summed E-state index contributed by atoms with van der Waals surface area (Å²) in [6, 6.07) is 4.78. The van der Waals surface area contributed by atoms with Crippen molar-refractivity contribution in [2.45, 2.75) is 37.5 Å². The number of H-pyrrole nitrogens is 1. The maximum atomic E-state index is 13.3. The summed E-state index contributed by atoms with van der Waals surface area (Å²) in [6.45, 7) is 0. The normalized spacial score (nSPS) is 16.8. The molecular formula is C19H18ClF2N5O. The fourth-order valence-corrected chi connectivity index (χ4v) is 3.79. The summed E-state index contributed by atoms with van der Waals surface area (Å²) >= 11 is 6.30. The lowest BCUT2D eigenvalue weighted by molar-refractivity contribution is -0.0384. The van der Waals surface area contributed by atoms with Gasteiger partial charge < -0.3 is 15.6 Å². The molecule has 0 bridgehead atoms. The van der Waals surface area contributed by atoms with E-state index in [1.54, 1.807) is 24.5 Å². The zero-order valence-electron chi connectivity index (χ0n) is 14.8. The molecule has 0 spiro atoms. The molecule has 6 nitrogen and oxygen atoms in total. The fraction of sp³-hybridized carbons (Fsp3) is 0.316. The van der Waals surface area contributed by atoms with E-state index in [-0.39, 0.29) is 18.8 Å². The predicted molar refractivity (Wildman–Crippen MR) is 104 cm³/mol. The van der Waals surface area contributed by atoms with Gasteiger partial charge in [-0.3, -0.25) is 9.97 Å². The number of nitrogens with one attached hydrogen (secondary N) is 3. The van der Waals surface area contributed by atoms with E-state index in [0.717, 1.165) is 5.52 Å². The van der Waals surface area contributed by atoms with Crippen LogP contribution in [0.25, 0.3) is 11.0 Å². The SMILES string of the molecule is O=C(Nc1cnc(C2CCC(F)(F)CC2)c(Cl)c1)Nc1c[nH]c2cccnc12. The van der Waals surface area contributed by atoms with Crippen molar-refractivity contribution in [2.24, 2.45) is 0 Å². The van der Waals surface area contributed by atoms with Gasteiger partial charge in [-0.25, -0.2) is 13.6 Å². The van der Waals surface area contributed by atoms with E-state index >= 15 is 0 Å². The van der Waals surface area contributed by atoms with Crippen molar-refractivity contribution in [2.75, 3.05) is 10.6 Å². The Bertz CT molecular complexity index is 1010. The van der Waals surface area contributed by atoms with Gasteiger partial charge in [0.05, 0.1) is 33.8 Å². The van der Waals surface area contributed by atoms with Gasteiger partial charge in [0.1, 0.15) is 5.52 Å². The van der Waals surface area contributed by atoms with Gasteiger partial charge in [-0.05, 0) is 31.0 Å². The lowest BCUT2D eigenvalue weighted by atomic mass is 9.84. The summed E-state index contributed by atoms with van der Waals surface area (Å²) in [5.41, 5.74) is 3.03. The number of fused-ring (bicyclic) bond motifs is 1. The summed E-state index contributed by atoms with van der Waals surface area (Å²) < 4.78 is 26.7. The topological polar surface area (TPSA) is 82.7 Å². The van der Waals surface area contributed by atoms with Gasteiger partial charge in [-0.15, -0.1) is 0 Å². The summed E-state index contributed by atoms with van der Waals surface area (Å²) in [4.78, 5) is 23.8. The van der Waals surface area contributed by atoms with Crippen molar-refractivity contribution in [3.8, 4) is 0 Å². The molecule has 28 heavy (non-hydrogen) atoms. The van der Waals surface area contributed by atoms with Crippen LogP contribution in [0, 0.1) is 0 Å². The minimum atomic E-state index is -2.60. The highest BCUT2D eigenvalue weighted by molar-refractivity contribution is 6.31. The number of urea groups is 1. The maximum Gasteiger partial charge on any atom is 0.323 e. The van der Waals surface area contributed by atoms with Crippen LogP contribution >= 0.6 is 11.6 Å². The summed E-state index contributed by atoms with van der Waals surface area (Å²) in [5, 5.41) is 5.75. The first-order chi connectivity index (χ1) is 13.4. The molecule has 3 heterocycles. The Kier molecular flexibility index (Phi) is 4.89. The van der Waals surface area contributed by atoms with Crippen LogP contribution in [-0.2, 0) is 0 Å². The number of pyridine rings is 2. The van der Waals surface area contributed by atoms with Crippen LogP contribution in [-0.4, -0.2) is 26.9 Å². The number of anilines is 2. The first-order valence-electron chi connectivity index (χ1n) is 8.95. The lowest BCUT2D eigenvalue weighted by Gasteiger charge is -2.28. The zero-order chi connectivity index (χ0) is 19.7. The molecule has 1 saturated carbocycles. The number of amides is 2. The van der Waals surface area contributed by atoms with Crippen LogP contribution < -0.4 is 10.6 Å². The second-order valence-electron chi connectivity index (χ2n) is 6.90. The largest absolute Gasteiger partial charge is 0.358 e. The van der Waals surface area contributed by atoms with Gasteiger partial charge in [0, 0.05) is 31.2 Å². The molecule has 0 radical (unpaired) electrons. The second kappa shape index (κ2) is 7.35. The van der Waals surface area contributed by atoms with E-state index in [1.165, 1.54) is 6.20 Å². The Morgan fingerprint density at radius 2 is 2.04 bits per heavy atom. The van der Waals surface area contributed by atoms with Gasteiger partial charge in [0.15, 0.2) is 0 Å². The van der Waals surface area contributed by atoms with Gasteiger partial charge in [0.2, 0.25) is 5.92 Å². The molecule has 0 unspecified atom stereocenters. The van der Waals surface area contributed by atoms with Crippen molar-refractivity contribution < 1.29 is 13.6 Å². The molecule has 146 valence electrons. The third-order valence-corrected chi connectivity index (χ3v) is 5.22. The van der Waals surface area contributed by atoms with Crippen LogP contribution in [0.15, 0.2) is 36.8 Å². The molecule has 1 aliphatic carbocycles. The molecule has 0 saturated heterocycles. The molecule has 0 aliphatic heterocycles. The molecule has 3 aromatic heterocycles. The Morgan fingerprint density at radius 3 is 2.79 bits per heavy atom. The van der Waals surface area contributed by atoms with E-state index in [9.17, 15) is 13.6 Å². The van der Waals surface area contributed by atoms with Crippen LogP contribution in [0.1, 0.15) is 37.3 Å². The number of alkyl halides is 2. The molecule has 9 heteroatoms. The number of hydrogen-bond acceptors (Lipinski definition) is 3. The average molecular weight is 406 g/mol. The Balaban J connectivity index is 1.42. The highest BCUT2D eigenvalue weighted by atomic mass is 35.5. The Morgan fingerprint density at radius 1 is 1.25 bits per heavy atom. The quantitative estimate of drug-likeness (QED) is 0.534. The first kappa shape index (κ1) is 18.6. The number of aromatic amines is 1. The van der Waals surface area contributed by atoms with Gasteiger partial charge >= 0.3 is 6.03 Å².